The number of hydrogen-bond acceptors (Lipinski definition) is 3. The molecule has 2 aliphatic rings. The number of aromatic nitrogens is 3. The molecule has 2 N–H and O–H groups in total. The van der Waals surface area contributed by atoms with Gasteiger partial charge in [0.2, 0.25) is 0 Å². The lowest BCUT2D eigenvalue weighted by Gasteiger charge is -2.30. The Morgan fingerprint density at radius 1 is 1.03 bits per heavy atom. The Kier molecular flexibility index (Phi) is 7.03. The van der Waals surface area contributed by atoms with Gasteiger partial charge in [-0.1, -0.05) is 49.6 Å². The fraction of sp³-hybridized carbons (Fsp3) is 0.625. The Morgan fingerprint density at radius 2 is 1.87 bits per heavy atom. The van der Waals surface area contributed by atoms with Gasteiger partial charge in [-0.25, -0.2) is 0 Å². The summed E-state index contributed by atoms with van der Waals surface area (Å²) in [5.41, 5.74) is 1.69. The zero-order valence-electron chi connectivity index (χ0n) is 18.4. The number of aryl methyl sites for hydroxylation is 2. The van der Waals surface area contributed by atoms with E-state index in [4.69, 9.17) is 0 Å². The van der Waals surface area contributed by atoms with Crippen LogP contribution >= 0.6 is 0 Å². The summed E-state index contributed by atoms with van der Waals surface area (Å²) in [5.74, 6) is 3.22. The summed E-state index contributed by atoms with van der Waals surface area (Å²) >= 11 is 0. The number of nitrogens with one attached hydrogen (secondary N) is 2. The maximum atomic E-state index is 4.45. The average molecular weight is 409 g/mol. The molecule has 0 atom stereocenters. The topological polar surface area (TPSA) is 67.1 Å². The van der Waals surface area contributed by atoms with E-state index in [0.29, 0.717) is 0 Å². The lowest BCUT2D eigenvalue weighted by Crippen LogP contribution is -2.45. The smallest absolute Gasteiger partial charge is 0.191 e. The van der Waals surface area contributed by atoms with E-state index in [0.717, 1.165) is 50.7 Å². The SMILES string of the molecule is CN=C(NCCCc1nnc2n1CCCCC2)NCC1(c2ccccc2)CCCC1. The number of rotatable bonds is 7. The molecule has 2 heterocycles. The van der Waals surface area contributed by atoms with E-state index in [2.05, 4.69) is 60.7 Å². The highest BCUT2D eigenvalue weighted by Gasteiger charge is 2.35. The van der Waals surface area contributed by atoms with Gasteiger partial charge in [0.1, 0.15) is 11.6 Å². The Balaban J connectivity index is 1.26. The number of aliphatic imine (C=N–C) groups is 1. The molecule has 0 spiro atoms. The van der Waals surface area contributed by atoms with E-state index in [9.17, 15) is 0 Å². The molecule has 4 rings (SSSR count). The van der Waals surface area contributed by atoms with Crippen LogP contribution in [0.3, 0.4) is 0 Å². The monoisotopic (exact) mass is 408 g/mol. The standard InChI is InChI=1S/C24H36N6/c1-25-23(27-19-24(15-7-8-16-24)20-11-4-2-5-12-20)26-17-10-14-22-29-28-21-13-6-3-9-18-30(21)22/h2,4-5,11-12H,3,6-10,13-19H2,1H3,(H2,25,26,27). The molecule has 0 radical (unpaired) electrons. The summed E-state index contributed by atoms with van der Waals surface area (Å²) < 4.78 is 2.35. The van der Waals surface area contributed by atoms with Crippen LogP contribution in [0.5, 0.6) is 0 Å². The molecule has 6 heteroatoms. The van der Waals surface area contributed by atoms with Crippen LogP contribution in [0.2, 0.25) is 0 Å². The van der Waals surface area contributed by atoms with Crippen molar-refractivity contribution < 1.29 is 0 Å². The van der Waals surface area contributed by atoms with Gasteiger partial charge >= 0.3 is 0 Å². The summed E-state index contributed by atoms with van der Waals surface area (Å²) in [7, 11) is 1.86. The molecule has 0 unspecified atom stereocenters. The maximum Gasteiger partial charge on any atom is 0.191 e. The Hall–Kier alpha value is -2.37. The van der Waals surface area contributed by atoms with E-state index in [-0.39, 0.29) is 5.41 Å². The molecular formula is C24H36N6. The van der Waals surface area contributed by atoms with Crippen molar-refractivity contribution in [3.63, 3.8) is 0 Å². The fourth-order valence-corrected chi connectivity index (χ4v) is 5.07. The average Bonchev–Trinajstić information content (AvgIpc) is 3.35. The van der Waals surface area contributed by atoms with Crippen LogP contribution < -0.4 is 10.6 Å². The quantitative estimate of drug-likeness (QED) is 0.417. The number of benzene rings is 1. The number of hydrogen-bond donors (Lipinski definition) is 2. The van der Waals surface area contributed by atoms with Crippen molar-refractivity contribution in [3.8, 4) is 0 Å². The summed E-state index contributed by atoms with van der Waals surface area (Å²) in [4.78, 5) is 4.45. The van der Waals surface area contributed by atoms with Crippen molar-refractivity contribution >= 4 is 5.96 Å². The number of guanidine groups is 1. The predicted octanol–water partition coefficient (Wildman–Crippen LogP) is 3.61. The second-order valence-electron chi connectivity index (χ2n) is 8.80. The Morgan fingerprint density at radius 3 is 2.67 bits per heavy atom. The Bertz CT molecular complexity index is 819. The van der Waals surface area contributed by atoms with Gasteiger partial charge in [-0.05, 0) is 37.7 Å². The first-order valence-electron chi connectivity index (χ1n) is 11.7. The van der Waals surface area contributed by atoms with Crippen LogP contribution in [0.25, 0.3) is 0 Å². The van der Waals surface area contributed by atoms with E-state index < -0.39 is 0 Å². The van der Waals surface area contributed by atoms with Gasteiger partial charge in [-0.2, -0.15) is 0 Å². The molecule has 6 nitrogen and oxygen atoms in total. The molecule has 0 saturated heterocycles. The van der Waals surface area contributed by atoms with Gasteiger partial charge in [0.15, 0.2) is 5.96 Å². The highest BCUT2D eigenvalue weighted by atomic mass is 15.3. The largest absolute Gasteiger partial charge is 0.356 e. The summed E-state index contributed by atoms with van der Waals surface area (Å²) in [5, 5.41) is 16.0. The van der Waals surface area contributed by atoms with Crippen molar-refractivity contribution in [3.05, 3.63) is 47.5 Å². The van der Waals surface area contributed by atoms with E-state index in [1.807, 2.05) is 7.05 Å². The van der Waals surface area contributed by atoms with Crippen molar-refractivity contribution in [1.82, 2.24) is 25.4 Å². The number of nitrogens with zero attached hydrogens (tertiary/aromatic N) is 4. The molecule has 0 amide bonds. The summed E-state index contributed by atoms with van der Waals surface area (Å²) in [6.07, 6.45) is 12.0. The molecule has 0 bridgehead atoms. The third kappa shape index (κ3) is 4.85. The van der Waals surface area contributed by atoms with E-state index >= 15 is 0 Å². The normalized spacial score (nSPS) is 18.6. The molecule has 1 saturated carbocycles. The molecule has 30 heavy (non-hydrogen) atoms. The lowest BCUT2D eigenvalue weighted by atomic mass is 9.79. The lowest BCUT2D eigenvalue weighted by molar-refractivity contribution is 0.431. The van der Waals surface area contributed by atoms with Crippen molar-refractivity contribution in [2.24, 2.45) is 4.99 Å². The molecular weight excluding hydrogens is 372 g/mol. The van der Waals surface area contributed by atoms with Crippen molar-refractivity contribution in [1.29, 1.82) is 0 Å². The van der Waals surface area contributed by atoms with Gasteiger partial charge in [-0.15, -0.1) is 10.2 Å². The fourth-order valence-electron chi connectivity index (χ4n) is 5.07. The molecule has 1 fully saturated rings. The van der Waals surface area contributed by atoms with Crippen molar-refractivity contribution in [2.45, 2.75) is 76.2 Å². The zero-order valence-corrected chi connectivity index (χ0v) is 18.4. The van der Waals surface area contributed by atoms with Gasteiger partial charge in [0.05, 0.1) is 0 Å². The van der Waals surface area contributed by atoms with E-state index in [1.54, 1.807) is 0 Å². The molecule has 1 aromatic heterocycles. The second kappa shape index (κ2) is 10.1. The third-order valence-electron chi connectivity index (χ3n) is 6.82. The minimum atomic E-state index is 0.234. The molecule has 1 aliphatic heterocycles. The van der Waals surface area contributed by atoms with Crippen LogP contribution in [0.1, 0.15) is 68.6 Å². The van der Waals surface area contributed by atoms with Crippen LogP contribution in [-0.2, 0) is 24.8 Å². The minimum absolute atomic E-state index is 0.234. The molecule has 2 aromatic rings. The summed E-state index contributed by atoms with van der Waals surface area (Å²) in [6.45, 7) is 2.91. The minimum Gasteiger partial charge on any atom is -0.356 e. The zero-order chi connectivity index (χ0) is 20.7. The molecule has 1 aromatic carbocycles. The van der Waals surface area contributed by atoms with Gasteiger partial charge < -0.3 is 15.2 Å². The van der Waals surface area contributed by atoms with Crippen LogP contribution in [0.4, 0.5) is 0 Å². The van der Waals surface area contributed by atoms with Crippen LogP contribution in [-0.4, -0.2) is 40.9 Å². The highest BCUT2D eigenvalue weighted by Crippen LogP contribution is 2.40. The number of fused-ring (bicyclic) bond motifs is 1. The first-order chi connectivity index (χ1) is 14.8. The molecule has 1 aliphatic carbocycles. The van der Waals surface area contributed by atoms with Gasteiger partial charge in [0, 0.05) is 44.9 Å². The Labute approximate surface area is 180 Å². The highest BCUT2D eigenvalue weighted by molar-refractivity contribution is 5.79. The first-order valence-corrected chi connectivity index (χ1v) is 11.7. The third-order valence-corrected chi connectivity index (χ3v) is 6.82. The van der Waals surface area contributed by atoms with Crippen LogP contribution in [0.15, 0.2) is 35.3 Å². The predicted molar refractivity (Wildman–Crippen MR) is 122 cm³/mol. The van der Waals surface area contributed by atoms with Crippen LogP contribution in [0, 0.1) is 0 Å². The summed E-state index contributed by atoms with van der Waals surface area (Å²) in [6, 6.07) is 11.0. The first kappa shape index (κ1) is 20.9. The second-order valence-corrected chi connectivity index (χ2v) is 8.80. The molecule has 162 valence electrons. The van der Waals surface area contributed by atoms with E-state index in [1.165, 1.54) is 56.3 Å². The van der Waals surface area contributed by atoms with Gasteiger partial charge in [0.25, 0.3) is 0 Å². The van der Waals surface area contributed by atoms with Gasteiger partial charge in [-0.3, -0.25) is 4.99 Å². The van der Waals surface area contributed by atoms with Crippen molar-refractivity contribution in [2.75, 3.05) is 20.1 Å². The maximum absolute atomic E-state index is 4.45.